The van der Waals surface area contributed by atoms with Gasteiger partial charge < -0.3 is 10.2 Å². The van der Waals surface area contributed by atoms with Crippen LogP contribution in [0.25, 0.3) is 9.88 Å². The van der Waals surface area contributed by atoms with Gasteiger partial charge in [0.2, 0.25) is 5.13 Å². The Balaban J connectivity index is 2.29. The van der Waals surface area contributed by atoms with E-state index in [1.54, 1.807) is 22.7 Å². The predicted octanol–water partition coefficient (Wildman–Crippen LogP) is 2.07. The van der Waals surface area contributed by atoms with E-state index in [4.69, 9.17) is 0 Å². The highest BCUT2D eigenvalue weighted by Gasteiger charge is 2.14. The molecule has 2 aromatic heterocycles. The van der Waals surface area contributed by atoms with Gasteiger partial charge in [0, 0.05) is 13.6 Å². The van der Waals surface area contributed by atoms with Crippen LogP contribution in [0.15, 0.2) is 0 Å². The number of nitrogens with zero attached hydrogens (tertiary/aromatic N) is 4. The zero-order valence-corrected chi connectivity index (χ0v) is 11.9. The minimum Gasteiger partial charge on any atom is -0.363 e. The molecule has 0 atom stereocenters. The zero-order chi connectivity index (χ0) is 12.4. The van der Waals surface area contributed by atoms with E-state index in [9.17, 15) is 0 Å². The minimum atomic E-state index is 0.835. The van der Waals surface area contributed by atoms with Crippen LogP contribution >= 0.6 is 22.7 Å². The van der Waals surface area contributed by atoms with E-state index < -0.39 is 0 Å². The lowest BCUT2D eigenvalue weighted by atomic mass is 10.4. The Hall–Kier alpha value is -1.05. The van der Waals surface area contributed by atoms with Crippen molar-refractivity contribution in [1.82, 2.24) is 20.1 Å². The predicted molar refractivity (Wildman–Crippen MR) is 72.7 cm³/mol. The largest absolute Gasteiger partial charge is 0.363 e. The number of aromatic nitrogens is 3. The van der Waals surface area contributed by atoms with Crippen LogP contribution in [0.5, 0.6) is 0 Å². The molecule has 92 valence electrons. The van der Waals surface area contributed by atoms with Gasteiger partial charge in [-0.15, -0.1) is 21.5 Å². The molecule has 0 saturated carbocycles. The molecule has 0 aliphatic heterocycles. The lowest BCUT2D eigenvalue weighted by Crippen LogP contribution is -2.10. The highest BCUT2D eigenvalue weighted by Crippen LogP contribution is 2.33. The second-order valence-electron chi connectivity index (χ2n) is 3.92. The Labute approximate surface area is 109 Å². The van der Waals surface area contributed by atoms with Crippen LogP contribution in [-0.4, -0.2) is 41.2 Å². The molecule has 1 N–H and O–H groups in total. The fourth-order valence-corrected chi connectivity index (χ4v) is 3.41. The van der Waals surface area contributed by atoms with Crippen molar-refractivity contribution in [2.45, 2.75) is 13.5 Å². The molecular weight excluding hydrogens is 254 g/mol. The Bertz CT molecular complexity index is 503. The molecule has 0 fully saturated rings. The van der Waals surface area contributed by atoms with E-state index in [1.165, 1.54) is 0 Å². The summed E-state index contributed by atoms with van der Waals surface area (Å²) in [5.41, 5.74) is 1.03. The number of nitrogens with one attached hydrogen (secondary N) is 1. The Kier molecular flexibility index (Phi) is 3.70. The molecule has 0 spiro atoms. The highest BCUT2D eigenvalue weighted by atomic mass is 32.1. The minimum absolute atomic E-state index is 0.835. The van der Waals surface area contributed by atoms with Crippen molar-refractivity contribution in [3.63, 3.8) is 0 Å². The smallest absolute Gasteiger partial charge is 0.205 e. The molecule has 2 heterocycles. The molecule has 0 saturated heterocycles. The summed E-state index contributed by atoms with van der Waals surface area (Å²) in [5, 5.41) is 14.1. The fourth-order valence-electron chi connectivity index (χ4n) is 1.40. The van der Waals surface area contributed by atoms with Gasteiger partial charge in [-0.3, -0.25) is 0 Å². The molecule has 5 nitrogen and oxygen atoms in total. The van der Waals surface area contributed by atoms with Gasteiger partial charge in [0.05, 0.1) is 10.6 Å². The zero-order valence-electron chi connectivity index (χ0n) is 10.3. The number of thiazole rings is 1. The number of rotatable bonds is 4. The molecule has 7 heteroatoms. The third-order valence-electron chi connectivity index (χ3n) is 2.13. The summed E-state index contributed by atoms with van der Waals surface area (Å²) in [6, 6.07) is 0. The third kappa shape index (κ3) is 2.80. The standard InChI is InChI=1S/C10H15N5S2/c1-6-8(9-13-14-10(11-2)17-9)16-7(12-6)5-15(3)4/h5H2,1-4H3,(H,11,14). The fraction of sp³-hybridized carbons (Fsp3) is 0.500. The van der Waals surface area contributed by atoms with Crippen LogP contribution in [-0.2, 0) is 6.54 Å². The second-order valence-corrected chi connectivity index (χ2v) is 5.98. The van der Waals surface area contributed by atoms with Crippen molar-refractivity contribution < 1.29 is 0 Å². The molecule has 0 bridgehead atoms. The van der Waals surface area contributed by atoms with E-state index in [0.29, 0.717) is 0 Å². The van der Waals surface area contributed by atoms with Gasteiger partial charge in [-0.25, -0.2) is 4.98 Å². The maximum Gasteiger partial charge on any atom is 0.205 e. The maximum absolute atomic E-state index is 4.56. The Morgan fingerprint density at radius 1 is 1.24 bits per heavy atom. The summed E-state index contributed by atoms with van der Waals surface area (Å²) in [4.78, 5) is 7.80. The normalized spacial score (nSPS) is 11.1. The van der Waals surface area contributed by atoms with E-state index in [1.807, 2.05) is 28.1 Å². The Morgan fingerprint density at radius 3 is 2.59 bits per heavy atom. The summed E-state index contributed by atoms with van der Waals surface area (Å²) in [6.07, 6.45) is 0. The van der Waals surface area contributed by atoms with Crippen molar-refractivity contribution in [1.29, 1.82) is 0 Å². The summed E-state index contributed by atoms with van der Waals surface area (Å²) >= 11 is 3.25. The second kappa shape index (κ2) is 5.07. The van der Waals surface area contributed by atoms with Gasteiger partial charge >= 0.3 is 0 Å². The summed E-state index contributed by atoms with van der Waals surface area (Å²) in [6.45, 7) is 2.88. The van der Waals surface area contributed by atoms with E-state index in [-0.39, 0.29) is 0 Å². The van der Waals surface area contributed by atoms with Crippen molar-refractivity contribution in [3.8, 4) is 9.88 Å². The lowest BCUT2D eigenvalue weighted by Gasteiger charge is -2.04. The SMILES string of the molecule is CNc1nnc(-c2sc(CN(C)C)nc2C)s1. The Morgan fingerprint density at radius 2 is 2.00 bits per heavy atom. The van der Waals surface area contributed by atoms with Crippen LogP contribution in [0.1, 0.15) is 10.7 Å². The van der Waals surface area contributed by atoms with Gasteiger partial charge in [-0.1, -0.05) is 11.3 Å². The monoisotopic (exact) mass is 269 g/mol. The number of anilines is 1. The van der Waals surface area contributed by atoms with Crippen LogP contribution in [0.3, 0.4) is 0 Å². The number of aryl methyl sites for hydroxylation is 1. The van der Waals surface area contributed by atoms with Crippen LogP contribution < -0.4 is 5.32 Å². The van der Waals surface area contributed by atoms with Gasteiger partial charge in [0.25, 0.3) is 0 Å². The third-order valence-corrected chi connectivity index (χ3v) is 4.36. The van der Waals surface area contributed by atoms with Crippen molar-refractivity contribution in [3.05, 3.63) is 10.7 Å². The molecule has 0 radical (unpaired) electrons. The highest BCUT2D eigenvalue weighted by molar-refractivity contribution is 7.23. The van der Waals surface area contributed by atoms with Crippen LogP contribution in [0, 0.1) is 6.92 Å². The molecule has 17 heavy (non-hydrogen) atoms. The molecule has 0 aliphatic rings. The molecule has 2 aromatic rings. The van der Waals surface area contributed by atoms with Gasteiger partial charge in [0.15, 0.2) is 5.01 Å². The molecular formula is C10H15N5S2. The first-order valence-electron chi connectivity index (χ1n) is 5.23. The maximum atomic E-state index is 4.56. The van der Waals surface area contributed by atoms with Crippen molar-refractivity contribution in [2.24, 2.45) is 0 Å². The average Bonchev–Trinajstić information content (AvgIpc) is 2.83. The molecule has 0 unspecified atom stereocenters. The van der Waals surface area contributed by atoms with E-state index >= 15 is 0 Å². The van der Waals surface area contributed by atoms with E-state index in [0.717, 1.165) is 32.3 Å². The number of hydrogen-bond acceptors (Lipinski definition) is 7. The first-order valence-corrected chi connectivity index (χ1v) is 6.86. The van der Waals surface area contributed by atoms with Gasteiger partial charge in [0.1, 0.15) is 5.01 Å². The summed E-state index contributed by atoms with van der Waals surface area (Å²) in [5.74, 6) is 0. The number of hydrogen-bond donors (Lipinski definition) is 1. The molecule has 2 rings (SSSR count). The molecule has 0 aromatic carbocycles. The lowest BCUT2D eigenvalue weighted by molar-refractivity contribution is 0.401. The van der Waals surface area contributed by atoms with Crippen LogP contribution in [0.4, 0.5) is 5.13 Å². The average molecular weight is 269 g/mol. The molecule has 0 amide bonds. The topological polar surface area (TPSA) is 53.9 Å². The van der Waals surface area contributed by atoms with Crippen molar-refractivity contribution in [2.75, 3.05) is 26.5 Å². The first-order chi connectivity index (χ1) is 8.10. The van der Waals surface area contributed by atoms with Gasteiger partial charge in [-0.2, -0.15) is 0 Å². The molecule has 0 aliphatic carbocycles. The quantitative estimate of drug-likeness (QED) is 0.921. The van der Waals surface area contributed by atoms with E-state index in [2.05, 4.69) is 25.4 Å². The first kappa shape index (κ1) is 12.4. The summed E-state index contributed by atoms with van der Waals surface area (Å²) < 4.78 is 0. The van der Waals surface area contributed by atoms with Crippen molar-refractivity contribution >= 4 is 27.8 Å². The summed E-state index contributed by atoms with van der Waals surface area (Å²) in [7, 11) is 5.93. The van der Waals surface area contributed by atoms with Crippen LogP contribution in [0.2, 0.25) is 0 Å². The van der Waals surface area contributed by atoms with Gasteiger partial charge in [-0.05, 0) is 21.0 Å².